The van der Waals surface area contributed by atoms with Crippen molar-refractivity contribution in [1.29, 1.82) is 0 Å². The van der Waals surface area contributed by atoms with Gasteiger partial charge >= 0.3 is 0 Å². The Kier molecular flexibility index (Phi) is 5.95. The number of carbonyl (C=O) groups excluding carboxylic acids is 1. The lowest BCUT2D eigenvalue weighted by atomic mass is 10.1. The third-order valence-corrected chi connectivity index (χ3v) is 5.43. The van der Waals surface area contributed by atoms with Crippen molar-refractivity contribution in [3.63, 3.8) is 0 Å². The molecule has 0 spiro atoms. The van der Waals surface area contributed by atoms with Gasteiger partial charge < -0.3 is 20.1 Å². The van der Waals surface area contributed by atoms with Gasteiger partial charge in [-0.05, 0) is 42.5 Å². The number of nitrogens with zero attached hydrogens (tertiary/aromatic N) is 2. The number of benzene rings is 3. The van der Waals surface area contributed by atoms with Gasteiger partial charge in [0.05, 0.1) is 12.6 Å². The molecule has 0 saturated carbocycles. The van der Waals surface area contributed by atoms with Gasteiger partial charge in [-0.25, -0.2) is 9.97 Å². The zero-order valence-electron chi connectivity index (χ0n) is 18.5. The van der Waals surface area contributed by atoms with Crippen molar-refractivity contribution >= 4 is 28.3 Å². The number of amides is 1. The molecule has 34 heavy (non-hydrogen) atoms. The quantitative estimate of drug-likeness (QED) is 0.430. The van der Waals surface area contributed by atoms with E-state index < -0.39 is 0 Å². The summed E-state index contributed by atoms with van der Waals surface area (Å²) in [5, 5.41) is 7.01. The van der Waals surface area contributed by atoms with Crippen LogP contribution >= 0.6 is 0 Å². The second kappa shape index (κ2) is 9.51. The molecule has 2 N–H and O–H groups in total. The van der Waals surface area contributed by atoms with Gasteiger partial charge in [-0.2, -0.15) is 0 Å². The van der Waals surface area contributed by atoms with Crippen LogP contribution in [0, 0.1) is 17.8 Å². The highest BCUT2D eigenvalue weighted by atomic mass is 16.5. The summed E-state index contributed by atoms with van der Waals surface area (Å²) in [6.07, 6.45) is 1.97. The van der Waals surface area contributed by atoms with E-state index in [1.807, 2.05) is 66.7 Å². The van der Waals surface area contributed by atoms with Crippen LogP contribution in [-0.4, -0.2) is 29.5 Å². The minimum atomic E-state index is 0.0388. The Hall–Kier alpha value is -4.57. The fourth-order valence-electron chi connectivity index (χ4n) is 3.71. The summed E-state index contributed by atoms with van der Waals surface area (Å²) in [4.78, 5) is 20.2. The molecule has 1 atom stereocenters. The van der Waals surface area contributed by atoms with Crippen LogP contribution in [0.2, 0.25) is 0 Å². The standard InChI is InChI=1S/C27H22N4O3/c1-33-25-15-20(10-12-24(25)34-21-5-3-2-4-6-21)31-27-22-13-18(9-11-23(22)29-17-30-27)7-8-19-14-26(32)28-16-19/h2-6,9-13,15,17,19H,14,16H2,1H3,(H,28,32)(H,29,30,31). The first-order valence-electron chi connectivity index (χ1n) is 10.9. The monoisotopic (exact) mass is 450 g/mol. The molecule has 0 aliphatic carbocycles. The summed E-state index contributed by atoms with van der Waals surface area (Å²) in [5.74, 6) is 9.04. The van der Waals surface area contributed by atoms with Crippen LogP contribution in [0.4, 0.5) is 11.5 Å². The predicted molar refractivity (Wildman–Crippen MR) is 130 cm³/mol. The van der Waals surface area contributed by atoms with Gasteiger partial charge in [0.1, 0.15) is 17.9 Å². The largest absolute Gasteiger partial charge is 0.493 e. The highest BCUT2D eigenvalue weighted by Gasteiger charge is 2.18. The molecule has 1 aliphatic heterocycles. The molecular weight excluding hydrogens is 428 g/mol. The van der Waals surface area contributed by atoms with Gasteiger partial charge in [0.25, 0.3) is 0 Å². The maximum atomic E-state index is 11.4. The average molecular weight is 450 g/mol. The SMILES string of the molecule is COc1cc(Nc2ncnc3ccc(C#CC4CNC(=O)C4)cc23)ccc1Oc1ccccc1. The minimum Gasteiger partial charge on any atom is -0.493 e. The highest BCUT2D eigenvalue weighted by Crippen LogP contribution is 2.35. The number of anilines is 2. The zero-order valence-corrected chi connectivity index (χ0v) is 18.5. The van der Waals surface area contributed by atoms with E-state index >= 15 is 0 Å². The molecule has 1 aliphatic rings. The van der Waals surface area contributed by atoms with E-state index in [1.54, 1.807) is 7.11 Å². The van der Waals surface area contributed by atoms with Crippen LogP contribution in [0.15, 0.2) is 73.1 Å². The molecule has 5 rings (SSSR count). The van der Waals surface area contributed by atoms with Crippen molar-refractivity contribution in [3.8, 4) is 29.1 Å². The van der Waals surface area contributed by atoms with Gasteiger partial charge in [0.2, 0.25) is 5.91 Å². The Morgan fingerprint density at radius 3 is 2.71 bits per heavy atom. The fourth-order valence-corrected chi connectivity index (χ4v) is 3.71. The van der Waals surface area contributed by atoms with E-state index in [4.69, 9.17) is 9.47 Å². The number of aromatic nitrogens is 2. The smallest absolute Gasteiger partial charge is 0.221 e. The van der Waals surface area contributed by atoms with Crippen molar-refractivity contribution in [3.05, 3.63) is 78.6 Å². The van der Waals surface area contributed by atoms with Crippen LogP contribution in [0.3, 0.4) is 0 Å². The number of nitrogens with one attached hydrogen (secondary N) is 2. The average Bonchev–Trinajstić information content (AvgIpc) is 3.29. The molecule has 7 nitrogen and oxygen atoms in total. The van der Waals surface area contributed by atoms with Crippen LogP contribution in [0.25, 0.3) is 10.9 Å². The van der Waals surface area contributed by atoms with Gasteiger partial charge in [0, 0.05) is 41.6 Å². The van der Waals surface area contributed by atoms with E-state index in [0.717, 1.165) is 27.9 Å². The Balaban J connectivity index is 1.40. The molecule has 1 amide bonds. The lowest BCUT2D eigenvalue weighted by molar-refractivity contribution is -0.119. The number of para-hydroxylation sites is 1. The highest BCUT2D eigenvalue weighted by molar-refractivity contribution is 5.91. The molecule has 0 bridgehead atoms. The summed E-state index contributed by atoms with van der Waals surface area (Å²) in [5.41, 5.74) is 2.44. The second-order valence-electron chi connectivity index (χ2n) is 7.83. The number of methoxy groups -OCH3 is 1. The van der Waals surface area contributed by atoms with Crippen molar-refractivity contribution < 1.29 is 14.3 Å². The van der Waals surface area contributed by atoms with Gasteiger partial charge in [0.15, 0.2) is 11.5 Å². The second-order valence-corrected chi connectivity index (χ2v) is 7.83. The van der Waals surface area contributed by atoms with E-state index in [9.17, 15) is 4.79 Å². The van der Waals surface area contributed by atoms with Crippen LogP contribution in [-0.2, 0) is 4.79 Å². The molecule has 3 aromatic carbocycles. The molecule has 1 fully saturated rings. The summed E-state index contributed by atoms with van der Waals surface area (Å²) in [6.45, 7) is 0.598. The molecule has 168 valence electrons. The van der Waals surface area contributed by atoms with Crippen molar-refractivity contribution in [2.45, 2.75) is 6.42 Å². The predicted octanol–water partition coefficient (Wildman–Crippen LogP) is 4.66. The molecule has 1 saturated heterocycles. The lowest BCUT2D eigenvalue weighted by Gasteiger charge is -2.13. The van der Waals surface area contributed by atoms with Gasteiger partial charge in [-0.3, -0.25) is 4.79 Å². The first-order chi connectivity index (χ1) is 16.7. The first-order valence-corrected chi connectivity index (χ1v) is 10.9. The maximum absolute atomic E-state index is 11.4. The topological polar surface area (TPSA) is 85.4 Å². The minimum absolute atomic E-state index is 0.0388. The summed E-state index contributed by atoms with van der Waals surface area (Å²) < 4.78 is 11.5. The van der Waals surface area contributed by atoms with E-state index in [0.29, 0.717) is 30.3 Å². The van der Waals surface area contributed by atoms with Gasteiger partial charge in [-0.1, -0.05) is 30.0 Å². The summed E-state index contributed by atoms with van der Waals surface area (Å²) in [6, 6.07) is 21.0. The first kappa shape index (κ1) is 21.3. The number of hydrogen-bond donors (Lipinski definition) is 2. The number of fused-ring (bicyclic) bond motifs is 1. The number of hydrogen-bond acceptors (Lipinski definition) is 6. The molecule has 1 aromatic heterocycles. The molecular formula is C27H22N4O3. The molecule has 4 aromatic rings. The lowest BCUT2D eigenvalue weighted by Crippen LogP contribution is -2.13. The Bertz CT molecular complexity index is 1410. The third-order valence-electron chi connectivity index (χ3n) is 5.43. The summed E-state index contributed by atoms with van der Waals surface area (Å²) in [7, 11) is 1.61. The number of rotatable bonds is 5. The molecule has 1 unspecified atom stereocenters. The number of carbonyl (C=O) groups is 1. The maximum Gasteiger partial charge on any atom is 0.221 e. The van der Waals surface area contributed by atoms with Gasteiger partial charge in [-0.15, -0.1) is 0 Å². The van der Waals surface area contributed by atoms with Crippen LogP contribution in [0.1, 0.15) is 12.0 Å². The van der Waals surface area contributed by atoms with E-state index in [2.05, 4.69) is 32.4 Å². The Labute approximate surface area is 197 Å². The third kappa shape index (κ3) is 4.76. The molecule has 2 heterocycles. The normalized spacial score (nSPS) is 14.7. The number of ether oxygens (including phenoxy) is 2. The van der Waals surface area contributed by atoms with Crippen molar-refractivity contribution in [2.75, 3.05) is 19.0 Å². The van der Waals surface area contributed by atoms with Crippen molar-refractivity contribution in [1.82, 2.24) is 15.3 Å². The summed E-state index contributed by atoms with van der Waals surface area (Å²) >= 11 is 0. The molecule has 0 radical (unpaired) electrons. The Morgan fingerprint density at radius 2 is 1.91 bits per heavy atom. The van der Waals surface area contributed by atoms with E-state index in [-0.39, 0.29) is 11.8 Å². The molecule has 7 heteroatoms. The zero-order chi connectivity index (χ0) is 23.3. The van der Waals surface area contributed by atoms with Crippen LogP contribution in [0.5, 0.6) is 17.2 Å². The van der Waals surface area contributed by atoms with E-state index in [1.165, 1.54) is 6.33 Å². The van der Waals surface area contributed by atoms with Crippen molar-refractivity contribution in [2.24, 2.45) is 5.92 Å². The fraction of sp³-hybridized carbons (Fsp3) is 0.148. The Morgan fingerprint density at radius 1 is 1.03 bits per heavy atom. The van der Waals surface area contributed by atoms with Crippen LogP contribution < -0.4 is 20.1 Å².